The third-order valence-corrected chi connectivity index (χ3v) is 3.82. The van der Waals surface area contributed by atoms with Crippen LogP contribution in [0.4, 0.5) is 17.8 Å². The standard InChI is InChI=1S/C14H27N7/c1-11(21-8-6-5-7-9-21)10-16-13-17-12(15-2)18-14(19-13)20(3)4/h11H,5-10H2,1-4H3,(H2,15,16,17,18,19). The Bertz CT molecular complexity index is 443. The van der Waals surface area contributed by atoms with Gasteiger partial charge in [-0.1, -0.05) is 6.42 Å². The molecule has 1 aromatic rings. The fraction of sp³-hybridized carbons (Fsp3) is 0.786. The first kappa shape index (κ1) is 15.8. The molecular weight excluding hydrogens is 266 g/mol. The smallest absolute Gasteiger partial charge is 0.231 e. The maximum absolute atomic E-state index is 4.43. The van der Waals surface area contributed by atoms with E-state index in [1.807, 2.05) is 26.0 Å². The van der Waals surface area contributed by atoms with Crippen LogP contribution in [0.15, 0.2) is 0 Å². The van der Waals surface area contributed by atoms with E-state index in [-0.39, 0.29) is 0 Å². The molecule has 2 heterocycles. The van der Waals surface area contributed by atoms with Gasteiger partial charge in [-0.15, -0.1) is 0 Å². The third-order valence-electron chi connectivity index (χ3n) is 3.82. The number of nitrogens with zero attached hydrogens (tertiary/aromatic N) is 5. The lowest BCUT2D eigenvalue weighted by Gasteiger charge is -2.32. The van der Waals surface area contributed by atoms with E-state index in [0.717, 1.165) is 6.54 Å². The monoisotopic (exact) mass is 293 g/mol. The summed E-state index contributed by atoms with van der Waals surface area (Å²) < 4.78 is 0. The molecule has 1 fully saturated rings. The Labute approximate surface area is 127 Å². The molecule has 1 aromatic heterocycles. The minimum atomic E-state index is 0.489. The molecule has 0 amide bonds. The molecular formula is C14H27N7. The molecule has 7 nitrogen and oxygen atoms in total. The normalized spacial score (nSPS) is 17.3. The maximum atomic E-state index is 4.43. The molecule has 1 aliphatic heterocycles. The number of nitrogens with one attached hydrogen (secondary N) is 2. The summed E-state index contributed by atoms with van der Waals surface area (Å²) in [6.07, 6.45) is 3.98. The van der Waals surface area contributed by atoms with Crippen molar-refractivity contribution in [1.82, 2.24) is 19.9 Å². The maximum Gasteiger partial charge on any atom is 0.231 e. The Kier molecular flexibility index (Phi) is 5.55. The van der Waals surface area contributed by atoms with Crippen molar-refractivity contribution < 1.29 is 0 Å². The van der Waals surface area contributed by atoms with Crippen molar-refractivity contribution in [2.45, 2.75) is 32.2 Å². The minimum absolute atomic E-state index is 0.489. The number of aromatic nitrogens is 3. The highest BCUT2D eigenvalue weighted by atomic mass is 15.3. The summed E-state index contributed by atoms with van der Waals surface area (Å²) in [4.78, 5) is 17.5. The zero-order chi connectivity index (χ0) is 15.2. The second-order valence-corrected chi connectivity index (χ2v) is 5.75. The topological polar surface area (TPSA) is 69.2 Å². The van der Waals surface area contributed by atoms with Crippen LogP contribution in [0, 0.1) is 0 Å². The number of rotatable bonds is 6. The summed E-state index contributed by atoms with van der Waals surface area (Å²) in [5, 5.41) is 6.32. The van der Waals surface area contributed by atoms with Gasteiger partial charge < -0.3 is 15.5 Å². The van der Waals surface area contributed by atoms with Crippen LogP contribution in [0.2, 0.25) is 0 Å². The Balaban J connectivity index is 1.96. The Hall–Kier alpha value is -1.63. The molecule has 0 radical (unpaired) electrons. The van der Waals surface area contributed by atoms with E-state index in [4.69, 9.17) is 0 Å². The average Bonchev–Trinajstić information content (AvgIpc) is 2.53. The van der Waals surface area contributed by atoms with Gasteiger partial charge in [-0.25, -0.2) is 0 Å². The van der Waals surface area contributed by atoms with Crippen molar-refractivity contribution in [3.63, 3.8) is 0 Å². The van der Waals surface area contributed by atoms with E-state index in [0.29, 0.717) is 23.9 Å². The number of hydrogen-bond acceptors (Lipinski definition) is 7. The van der Waals surface area contributed by atoms with E-state index in [9.17, 15) is 0 Å². The van der Waals surface area contributed by atoms with Crippen LogP contribution in [0.5, 0.6) is 0 Å². The van der Waals surface area contributed by atoms with Gasteiger partial charge in [-0.2, -0.15) is 15.0 Å². The summed E-state index contributed by atoms with van der Waals surface area (Å²) >= 11 is 0. The molecule has 0 spiro atoms. The molecule has 0 aliphatic carbocycles. The van der Waals surface area contributed by atoms with Crippen molar-refractivity contribution in [3.05, 3.63) is 0 Å². The van der Waals surface area contributed by atoms with Gasteiger partial charge in [-0.3, -0.25) is 4.90 Å². The van der Waals surface area contributed by atoms with Crippen LogP contribution in [-0.2, 0) is 0 Å². The molecule has 1 unspecified atom stereocenters. The van der Waals surface area contributed by atoms with Crippen LogP contribution in [-0.4, -0.2) is 66.7 Å². The van der Waals surface area contributed by atoms with E-state index in [1.54, 1.807) is 0 Å². The molecule has 1 saturated heterocycles. The van der Waals surface area contributed by atoms with Gasteiger partial charge in [0, 0.05) is 33.7 Å². The molecule has 0 bridgehead atoms. The minimum Gasteiger partial charge on any atom is -0.357 e. The summed E-state index contributed by atoms with van der Waals surface area (Å²) in [6, 6.07) is 0.489. The van der Waals surface area contributed by atoms with Crippen LogP contribution in [0.25, 0.3) is 0 Å². The first-order valence-electron chi connectivity index (χ1n) is 7.69. The van der Waals surface area contributed by atoms with Gasteiger partial charge in [0.2, 0.25) is 17.8 Å². The lowest BCUT2D eigenvalue weighted by molar-refractivity contribution is 0.180. The first-order valence-corrected chi connectivity index (χ1v) is 7.69. The largest absolute Gasteiger partial charge is 0.357 e. The first-order chi connectivity index (χ1) is 10.1. The van der Waals surface area contributed by atoms with Gasteiger partial charge in [-0.05, 0) is 32.9 Å². The number of piperidine rings is 1. The van der Waals surface area contributed by atoms with E-state index in [1.165, 1.54) is 32.4 Å². The molecule has 118 valence electrons. The molecule has 7 heteroatoms. The highest BCUT2D eigenvalue weighted by Crippen LogP contribution is 2.14. The van der Waals surface area contributed by atoms with Gasteiger partial charge in [0.1, 0.15) is 0 Å². The average molecular weight is 293 g/mol. The van der Waals surface area contributed by atoms with Gasteiger partial charge in [0.15, 0.2) is 0 Å². The van der Waals surface area contributed by atoms with Crippen molar-refractivity contribution in [3.8, 4) is 0 Å². The molecule has 2 N–H and O–H groups in total. The summed E-state index contributed by atoms with van der Waals surface area (Å²) in [7, 11) is 5.67. The number of anilines is 3. The molecule has 0 saturated carbocycles. The van der Waals surface area contributed by atoms with Crippen molar-refractivity contribution in [2.24, 2.45) is 0 Å². The van der Waals surface area contributed by atoms with Crippen LogP contribution < -0.4 is 15.5 Å². The fourth-order valence-electron chi connectivity index (χ4n) is 2.48. The van der Waals surface area contributed by atoms with Crippen LogP contribution in [0.3, 0.4) is 0 Å². The van der Waals surface area contributed by atoms with Gasteiger partial charge in [0.05, 0.1) is 0 Å². The lowest BCUT2D eigenvalue weighted by atomic mass is 10.1. The zero-order valence-electron chi connectivity index (χ0n) is 13.6. The van der Waals surface area contributed by atoms with E-state index < -0.39 is 0 Å². The summed E-state index contributed by atoms with van der Waals surface area (Å²) in [6.45, 7) is 5.50. The SMILES string of the molecule is CNc1nc(NCC(C)N2CCCCC2)nc(N(C)C)n1. The summed E-state index contributed by atoms with van der Waals surface area (Å²) in [5.41, 5.74) is 0. The Morgan fingerprint density at radius 2 is 1.76 bits per heavy atom. The highest BCUT2D eigenvalue weighted by Gasteiger charge is 2.17. The third kappa shape index (κ3) is 4.42. The molecule has 2 rings (SSSR count). The zero-order valence-corrected chi connectivity index (χ0v) is 13.6. The molecule has 1 atom stereocenters. The van der Waals surface area contributed by atoms with Crippen molar-refractivity contribution in [2.75, 3.05) is 56.3 Å². The number of likely N-dealkylation sites (tertiary alicyclic amines) is 1. The number of hydrogen-bond donors (Lipinski definition) is 2. The van der Waals surface area contributed by atoms with E-state index in [2.05, 4.69) is 37.4 Å². The van der Waals surface area contributed by atoms with Gasteiger partial charge in [0.25, 0.3) is 0 Å². The molecule has 0 aromatic carbocycles. The second-order valence-electron chi connectivity index (χ2n) is 5.75. The fourth-order valence-corrected chi connectivity index (χ4v) is 2.48. The molecule has 21 heavy (non-hydrogen) atoms. The quantitative estimate of drug-likeness (QED) is 0.818. The van der Waals surface area contributed by atoms with Crippen molar-refractivity contribution >= 4 is 17.8 Å². The Morgan fingerprint density at radius 1 is 1.10 bits per heavy atom. The highest BCUT2D eigenvalue weighted by molar-refractivity contribution is 5.42. The Morgan fingerprint density at radius 3 is 2.38 bits per heavy atom. The van der Waals surface area contributed by atoms with E-state index >= 15 is 0 Å². The van der Waals surface area contributed by atoms with Gasteiger partial charge >= 0.3 is 0 Å². The van der Waals surface area contributed by atoms with Crippen LogP contribution in [0.1, 0.15) is 26.2 Å². The lowest BCUT2D eigenvalue weighted by Crippen LogP contribution is -2.41. The summed E-state index contributed by atoms with van der Waals surface area (Å²) in [5.74, 6) is 1.87. The molecule has 1 aliphatic rings. The van der Waals surface area contributed by atoms with Crippen molar-refractivity contribution in [1.29, 1.82) is 0 Å². The predicted molar refractivity (Wildman–Crippen MR) is 87.1 cm³/mol. The van der Waals surface area contributed by atoms with Crippen LogP contribution >= 0.6 is 0 Å². The predicted octanol–water partition coefficient (Wildman–Crippen LogP) is 1.27. The second kappa shape index (κ2) is 7.40.